The van der Waals surface area contributed by atoms with Crippen molar-refractivity contribution in [1.82, 2.24) is 4.98 Å². The van der Waals surface area contributed by atoms with Crippen LogP contribution in [0.4, 0.5) is 5.69 Å². The number of carbonyl (C=O) groups is 3. The van der Waals surface area contributed by atoms with Gasteiger partial charge in [0.2, 0.25) is 0 Å². The number of hydrogen-bond acceptors (Lipinski definition) is 5. The average molecular weight is 314 g/mol. The zero-order valence-corrected chi connectivity index (χ0v) is 12.2. The minimum atomic E-state index is -1.05. The van der Waals surface area contributed by atoms with E-state index in [1.54, 1.807) is 0 Å². The Labute approximate surface area is 131 Å². The van der Waals surface area contributed by atoms with E-state index >= 15 is 0 Å². The van der Waals surface area contributed by atoms with Crippen molar-refractivity contribution in [3.8, 4) is 0 Å². The number of aromatic nitrogens is 1. The Hall–Kier alpha value is -3.22. The van der Waals surface area contributed by atoms with E-state index in [1.807, 2.05) is 0 Å². The Balaban J connectivity index is 1.94. The second-order valence-corrected chi connectivity index (χ2v) is 4.66. The summed E-state index contributed by atoms with van der Waals surface area (Å²) in [5.41, 5.74) is 0.817. The number of rotatable bonds is 5. The van der Waals surface area contributed by atoms with E-state index in [0.29, 0.717) is 11.3 Å². The molecule has 23 heavy (non-hydrogen) atoms. The zero-order chi connectivity index (χ0) is 16.8. The number of aromatic carboxylic acids is 1. The highest BCUT2D eigenvalue weighted by atomic mass is 16.5. The average Bonchev–Trinajstić information content (AvgIpc) is 2.56. The third-order valence-electron chi connectivity index (χ3n) is 2.97. The maximum atomic E-state index is 12.0. The second kappa shape index (κ2) is 7.17. The maximum absolute atomic E-state index is 12.0. The molecule has 0 radical (unpaired) electrons. The summed E-state index contributed by atoms with van der Waals surface area (Å²) >= 11 is 0. The van der Waals surface area contributed by atoms with Gasteiger partial charge in [-0.05, 0) is 43.3 Å². The lowest BCUT2D eigenvalue weighted by atomic mass is 10.2. The Kier molecular flexibility index (Phi) is 5.03. The van der Waals surface area contributed by atoms with E-state index in [2.05, 4.69) is 10.3 Å². The molecule has 0 aliphatic heterocycles. The van der Waals surface area contributed by atoms with Crippen LogP contribution < -0.4 is 5.32 Å². The maximum Gasteiger partial charge on any atom is 0.339 e. The fraction of sp³-hybridized carbons (Fsp3) is 0.125. The molecule has 2 N–H and O–H groups in total. The van der Waals surface area contributed by atoms with Gasteiger partial charge in [0, 0.05) is 18.1 Å². The number of nitrogens with zero attached hydrogens (tertiary/aromatic N) is 1. The van der Waals surface area contributed by atoms with Gasteiger partial charge in [-0.3, -0.25) is 9.78 Å². The van der Waals surface area contributed by atoms with Crippen molar-refractivity contribution in [3.63, 3.8) is 0 Å². The Morgan fingerprint density at radius 1 is 1.04 bits per heavy atom. The van der Waals surface area contributed by atoms with Gasteiger partial charge < -0.3 is 15.2 Å². The summed E-state index contributed by atoms with van der Waals surface area (Å²) in [6.45, 7) is 1.44. The molecule has 0 saturated carbocycles. The van der Waals surface area contributed by atoms with Crippen LogP contribution in [0.25, 0.3) is 0 Å². The van der Waals surface area contributed by atoms with E-state index in [1.165, 1.54) is 55.7 Å². The molecule has 118 valence electrons. The van der Waals surface area contributed by atoms with Crippen LogP contribution in [0.2, 0.25) is 0 Å². The number of pyridine rings is 1. The summed E-state index contributed by atoms with van der Waals surface area (Å²) < 4.78 is 5.06. The van der Waals surface area contributed by atoms with E-state index < -0.39 is 23.9 Å². The standard InChI is InChI=1S/C16H14N2O5/c1-10(23-16(22)12-6-8-17-9-7-12)14(19)18-13-4-2-11(3-5-13)15(20)21/h2-10H,1H3,(H,18,19)(H,20,21). The SMILES string of the molecule is CC(OC(=O)c1ccncc1)C(=O)Nc1ccc(C(=O)O)cc1. The predicted molar refractivity (Wildman–Crippen MR) is 81.1 cm³/mol. The topological polar surface area (TPSA) is 106 Å². The lowest BCUT2D eigenvalue weighted by Crippen LogP contribution is -2.30. The van der Waals surface area contributed by atoms with Crippen LogP contribution in [0, 0.1) is 0 Å². The predicted octanol–water partition coefficient (Wildman–Crippen LogP) is 1.96. The molecule has 0 spiro atoms. The molecule has 0 saturated heterocycles. The minimum Gasteiger partial charge on any atom is -0.478 e. The number of ether oxygens (including phenoxy) is 1. The number of carbonyl (C=O) groups excluding carboxylic acids is 2. The molecule has 1 amide bonds. The van der Waals surface area contributed by atoms with Crippen molar-refractivity contribution in [1.29, 1.82) is 0 Å². The first kappa shape index (κ1) is 16.2. The van der Waals surface area contributed by atoms with Crippen LogP contribution in [-0.4, -0.2) is 34.0 Å². The molecule has 1 unspecified atom stereocenters. The number of amides is 1. The monoisotopic (exact) mass is 314 g/mol. The van der Waals surface area contributed by atoms with Gasteiger partial charge in [0.25, 0.3) is 5.91 Å². The van der Waals surface area contributed by atoms with Gasteiger partial charge in [-0.2, -0.15) is 0 Å². The highest BCUT2D eigenvalue weighted by Crippen LogP contribution is 2.11. The summed E-state index contributed by atoms with van der Waals surface area (Å²) in [5.74, 6) is -2.20. The number of carboxylic acid groups (broad SMARTS) is 1. The normalized spacial score (nSPS) is 11.3. The highest BCUT2D eigenvalue weighted by molar-refractivity contribution is 5.97. The first-order chi connectivity index (χ1) is 11.0. The fourth-order valence-electron chi connectivity index (χ4n) is 1.71. The fourth-order valence-corrected chi connectivity index (χ4v) is 1.71. The third kappa shape index (κ3) is 4.37. The van der Waals surface area contributed by atoms with Gasteiger partial charge in [-0.15, -0.1) is 0 Å². The Morgan fingerprint density at radius 2 is 1.65 bits per heavy atom. The third-order valence-corrected chi connectivity index (χ3v) is 2.97. The largest absolute Gasteiger partial charge is 0.478 e. The van der Waals surface area contributed by atoms with Crippen molar-refractivity contribution in [2.24, 2.45) is 0 Å². The quantitative estimate of drug-likeness (QED) is 0.817. The van der Waals surface area contributed by atoms with Crippen LogP contribution in [0.15, 0.2) is 48.8 Å². The number of hydrogen-bond donors (Lipinski definition) is 2. The summed E-state index contributed by atoms with van der Waals surface area (Å²) in [5, 5.41) is 11.3. The van der Waals surface area contributed by atoms with Crippen LogP contribution in [0.3, 0.4) is 0 Å². The molecule has 2 rings (SSSR count). The lowest BCUT2D eigenvalue weighted by Gasteiger charge is -2.13. The molecule has 1 heterocycles. The van der Waals surface area contributed by atoms with Gasteiger partial charge in [-0.25, -0.2) is 9.59 Å². The molecule has 7 heteroatoms. The van der Waals surface area contributed by atoms with Crippen molar-refractivity contribution in [2.75, 3.05) is 5.32 Å². The molecule has 7 nitrogen and oxygen atoms in total. The van der Waals surface area contributed by atoms with E-state index in [-0.39, 0.29) is 5.56 Å². The summed E-state index contributed by atoms with van der Waals surface area (Å²) in [4.78, 5) is 38.4. The molecule has 0 bridgehead atoms. The summed E-state index contributed by atoms with van der Waals surface area (Å²) in [6.07, 6.45) is 1.89. The number of carboxylic acids is 1. The summed E-state index contributed by atoms with van der Waals surface area (Å²) in [7, 11) is 0. The Morgan fingerprint density at radius 3 is 2.22 bits per heavy atom. The van der Waals surface area contributed by atoms with Crippen LogP contribution in [-0.2, 0) is 9.53 Å². The van der Waals surface area contributed by atoms with Crippen molar-refractivity contribution in [2.45, 2.75) is 13.0 Å². The van der Waals surface area contributed by atoms with E-state index in [0.717, 1.165) is 0 Å². The molecule has 1 atom stereocenters. The lowest BCUT2D eigenvalue weighted by molar-refractivity contribution is -0.123. The Bertz CT molecular complexity index is 713. The molecular formula is C16H14N2O5. The molecule has 0 aliphatic carbocycles. The molecule has 0 aliphatic rings. The molecular weight excluding hydrogens is 300 g/mol. The van der Waals surface area contributed by atoms with Gasteiger partial charge in [-0.1, -0.05) is 0 Å². The highest BCUT2D eigenvalue weighted by Gasteiger charge is 2.19. The summed E-state index contributed by atoms with van der Waals surface area (Å²) in [6, 6.07) is 8.61. The smallest absolute Gasteiger partial charge is 0.339 e. The number of anilines is 1. The van der Waals surface area contributed by atoms with Gasteiger partial charge >= 0.3 is 11.9 Å². The van der Waals surface area contributed by atoms with Crippen molar-refractivity contribution >= 4 is 23.5 Å². The van der Waals surface area contributed by atoms with Crippen molar-refractivity contribution in [3.05, 3.63) is 59.9 Å². The van der Waals surface area contributed by atoms with Crippen LogP contribution >= 0.6 is 0 Å². The first-order valence-electron chi connectivity index (χ1n) is 6.72. The van der Waals surface area contributed by atoms with Gasteiger partial charge in [0.05, 0.1) is 11.1 Å². The van der Waals surface area contributed by atoms with E-state index in [4.69, 9.17) is 9.84 Å². The first-order valence-corrected chi connectivity index (χ1v) is 6.72. The second-order valence-electron chi connectivity index (χ2n) is 4.66. The molecule has 1 aromatic carbocycles. The molecule has 2 aromatic rings. The van der Waals surface area contributed by atoms with Gasteiger partial charge in [0.15, 0.2) is 6.10 Å². The van der Waals surface area contributed by atoms with E-state index in [9.17, 15) is 14.4 Å². The van der Waals surface area contributed by atoms with Crippen LogP contribution in [0.1, 0.15) is 27.6 Å². The minimum absolute atomic E-state index is 0.111. The number of esters is 1. The van der Waals surface area contributed by atoms with Crippen LogP contribution in [0.5, 0.6) is 0 Å². The molecule has 1 aromatic heterocycles. The van der Waals surface area contributed by atoms with Gasteiger partial charge in [0.1, 0.15) is 0 Å². The number of benzene rings is 1. The zero-order valence-electron chi connectivity index (χ0n) is 12.2. The van der Waals surface area contributed by atoms with Crippen molar-refractivity contribution < 1.29 is 24.2 Å². The number of nitrogens with one attached hydrogen (secondary N) is 1. The molecule has 0 fully saturated rings.